The van der Waals surface area contributed by atoms with Crippen molar-refractivity contribution in [3.63, 3.8) is 0 Å². The molecule has 9 heteroatoms. The number of aromatic nitrogens is 3. The molecule has 3 atom stereocenters. The first kappa shape index (κ1) is 21.6. The Morgan fingerprint density at radius 2 is 2.00 bits per heavy atom. The van der Waals surface area contributed by atoms with Gasteiger partial charge in [-0.05, 0) is 56.4 Å². The van der Waals surface area contributed by atoms with Crippen molar-refractivity contribution < 1.29 is 14.4 Å². The van der Waals surface area contributed by atoms with E-state index in [-0.39, 0.29) is 35.3 Å². The molecule has 8 nitrogen and oxygen atoms in total. The Hall–Kier alpha value is -3.26. The number of fused-ring (bicyclic) bond motifs is 2. The second-order valence-corrected chi connectivity index (χ2v) is 9.26. The van der Waals surface area contributed by atoms with Crippen LogP contribution >= 0.6 is 11.6 Å². The maximum atomic E-state index is 13.5. The topological polar surface area (TPSA) is 97.2 Å². The molecule has 1 aliphatic carbocycles. The van der Waals surface area contributed by atoms with Gasteiger partial charge in [0, 0.05) is 18.4 Å². The first-order chi connectivity index (χ1) is 15.8. The fourth-order valence-electron chi connectivity index (χ4n) is 4.99. The lowest BCUT2D eigenvalue weighted by atomic mass is 9.80. The van der Waals surface area contributed by atoms with Crippen LogP contribution in [-0.2, 0) is 16.1 Å². The van der Waals surface area contributed by atoms with E-state index in [2.05, 4.69) is 15.4 Å². The van der Waals surface area contributed by atoms with Crippen molar-refractivity contribution >= 4 is 45.9 Å². The lowest BCUT2D eigenvalue weighted by Crippen LogP contribution is -2.50. The minimum absolute atomic E-state index is 0.0325. The molecule has 3 heterocycles. The van der Waals surface area contributed by atoms with Crippen molar-refractivity contribution in [2.75, 3.05) is 5.32 Å². The summed E-state index contributed by atoms with van der Waals surface area (Å²) in [6.45, 7) is 3.39. The van der Waals surface area contributed by atoms with Crippen molar-refractivity contribution in [1.82, 2.24) is 19.7 Å². The van der Waals surface area contributed by atoms with Crippen LogP contribution in [0, 0.1) is 12.8 Å². The summed E-state index contributed by atoms with van der Waals surface area (Å²) in [5.41, 5.74) is 2.09. The third-order valence-corrected chi connectivity index (χ3v) is 6.89. The van der Waals surface area contributed by atoms with Gasteiger partial charge in [-0.1, -0.05) is 29.3 Å². The number of Topliss-reactive ketones (excluding diaryl/α,β-unsaturated/α-hetero) is 1. The van der Waals surface area contributed by atoms with Gasteiger partial charge in [0.25, 0.3) is 0 Å². The van der Waals surface area contributed by atoms with Crippen molar-refractivity contribution in [1.29, 1.82) is 0 Å². The molecule has 0 bridgehead atoms. The summed E-state index contributed by atoms with van der Waals surface area (Å²) >= 11 is 5.93. The molecule has 2 aliphatic rings. The molecule has 2 aromatic heterocycles. The number of carbonyl (C=O) groups is 3. The predicted octanol–water partition coefficient (Wildman–Crippen LogP) is 3.61. The number of nitrogens with one attached hydrogen (secondary N) is 1. The number of aryl methyl sites for hydroxylation is 1. The number of carbonyl (C=O) groups excluding carboxylic acids is 3. The van der Waals surface area contributed by atoms with Crippen LogP contribution in [0.1, 0.15) is 42.2 Å². The zero-order valence-corrected chi connectivity index (χ0v) is 19.2. The smallest absolute Gasteiger partial charge is 0.248 e. The Bertz CT molecular complexity index is 1290. The van der Waals surface area contributed by atoms with Crippen LogP contribution in [0.3, 0.4) is 0 Å². The van der Waals surface area contributed by atoms with Gasteiger partial charge in [-0.2, -0.15) is 5.10 Å². The highest BCUT2D eigenvalue weighted by Crippen LogP contribution is 2.44. The predicted molar refractivity (Wildman–Crippen MR) is 124 cm³/mol. The lowest BCUT2D eigenvalue weighted by molar-refractivity contribution is -0.140. The molecule has 0 unspecified atom stereocenters. The number of hydrogen-bond acceptors (Lipinski definition) is 5. The Kier molecular flexibility index (Phi) is 5.40. The van der Waals surface area contributed by atoms with Crippen LogP contribution < -0.4 is 5.32 Å². The van der Waals surface area contributed by atoms with Crippen molar-refractivity contribution in [3.8, 4) is 0 Å². The number of pyridine rings is 1. The van der Waals surface area contributed by atoms with Gasteiger partial charge in [0.1, 0.15) is 29.3 Å². The van der Waals surface area contributed by atoms with Gasteiger partial charge >= 0.3 is 0 Å². The highest BCUT2D eigenvalue weighted by molar-refractivity contribution is 6.29. The number of hydrogen-bond donors (Lipinski definition) is 1. The van der Waals surface area contributed by atoms with Gasteiger partial charge in [-0.15, -0.1) is 0 Å². The molecule has 0 spiro atoms. The number of ketones is 1. The molecule has 1 saturated carbocycles. The molecule has 1 N–H and O–H groups in total. The van der Waals surface area contributed by atoms with E-state index in [4.69, 9.17) is 11.6 Å². The first-order valence-corrected chi connectivity index (χ1v) is 11.4. The van der Waals surface area contributed by atoms with E-state index >= 15 is 0 Å². The summed E-state index contributed by atoms with van der Waals surface area (Å²) in [4.78, 5) is 44.5. The van der Waals surface area contributed by atoms with Gasteiger partial charge in [0.05, 0.1) is 5.52 Å². The van der Waals surface area contributed by atoms with Crippen LogP contribution in [0.25, 0.3) is 10.9 Å². The van der Waals surface area contributed by atoms with Gasteiger partial charge in [0.15, 0.2) is 5.78 Å². The molecule has 1 aliphatic heterocycles. The number of amides is 2. The van der Waals surface area contributed by atoms with Gasteiger partial charge < -0.3 is 10.2 Å². The third kappa shape index (κ3) is 3.88. The number of rotatable bonds is 5. The average Bonchev–Trinajstić information content (AvgIpc) is 3.22. The Morgan fingerprint density at radius 1 is 1.18 bits per heavy atom. The monoisotopic (exact) mass is 465 g/mol. The Morgan fingerprint density at radius 3 is 2.70 bits per heavy atom. The number of benzene rings is 1. The molecule has 0 radical (unpaired) electrons. The highest BCUT2D eigenvalue weighted by Gasteiger charge is 2.51. The van der Waals surface area contributed by atoms with Crippen LogP contribution in [-0.4, -0.2) is 49.3 Å². The van der Waals surface area contributed by atoms with Gasteiger partial charge in [-0.3, -0.25) is 19.1 Å². The minimum atomic E-state index is -0.577. The SMILES string of the molecule is CC(=O)c1nn(CC(=O)N2[C@@H]3CC[C@@H]3C[C@H]2C(=O)Nc2cccc(Cl)n2)c2ccc(C)cc12. The van der Waals surface area contributed by atoms with E-state index in [1.54, 1.807) is 27.8 Å². The molecule has 33 heavy (non-hydrogen) atoms. The molecular weight excluding hydrogens is 442 g/mol. The maximum absolute atomic E-state index is 13.5. The fraction of sp³-hybridized carbons (Fsp3) is 0.375. The van der Waals surface area contributed by atoms with E-state index in [1.165, 1.54) is 6.92 Å². The summed E-state index contributed by atoms with van der Waals surface area (Å²) in [5, 5.41) is 8.27. The van der Waals surface area contributed by atoms with E-state index in [9.17, 15) is 14.4 Å². The van der Waals surface area contributed by atoms with Crippen LogP contribution in [0.4, 0.5) is 5.82 Å². The molecule has 170 valence electrons. The number of nitrogens with zero attached hydrogens (tertiary/aromatic N) is 4. The molecule has 1 aromatic carbocycles. The lowest BCUT2D eigenvalue weighted by Gasteiger charge is -2.37. The second-order valence-electron chi connectivity index (χ2n) is 8.88. The zero-order valence-electron chi connectivity index (χ0n) is 18.4. The second kappa shape index (κ2) is 8.26. The van der Waals surface area contributed by atoms with E-state index in [0.717, 1.165) is 29.3 Å². The summed E-state index contributed by atoms with van der Waals surface area (Å²) in [6, 6.07) is 10.2. The highest BCUT2D eigenvalue weighted by atomic mass is 35.5. The van der Waals surface area contributed by atoms with Gasteiger partial charge in [-0.25, -0.2) is 4.98 Å². The normalized spacial score (nSPS) is 21.5. The maximum Gasteiger partial charge on any atom is 0.248 e. The van der Waals surface area contributed by atoms with Crippen molar-refractivity contribution in [2.45, 2.75) is 51.7 Å². The zero-order chi connectivity index (χ0) is 23.3. The molecule has 5 rings (SSSR count). The van der Waals surface area contributed by atoms with E-state index < -0.39 is 6.04 Å². The first-order valence-electron chi connectivity index (χ1n) is 11.0. The molecule has 2 amide bonds. The number of anilines is 1. The standard InChI is InChI=1S/C24H24ClN5O3/c1-13-6-8-18-16(10-13)23(14(2)31)28-29(18)12-22(32)30-17-9-7-15(17)11-19(30)24(33)27-21-5-3-4-20(25)26-21/h3-6,8,10,15,17,19H,7,9,11-12H2,1-2H3,(H,26,27,33)/t15-,17-,19+/m1/s1. The molecule has 2 fully saturated rings. The van der Waals surface area contributed by atoms with Crippen LogP contribution in [0.15, 0.2) is 36.4 Å². The van der Waals surface area contributed by atoms with Crippen LogP contribution in [0.5, 0.6) is 0 Å². The third-order valence-electron chi connectivity index (χ3n) is 6.68. The summed E-state index contributed by atoms with van der Waals surface area (Å²) < 4.78 is 1.58. The number of likely N-dealkylation sites (tertiary alicyclic amines) is 1. The van der Waals surface area contributed by atoms with E-state index in [0.29, 0.717) is 23.9 Å². The van der Waals surface area contributed by atoms with Crippen molar-refractivity contribution in [3.05, 3.63) is 52.8 Å². The summed E-state index contributed by atoms with van der Waals surface area (Å²) in [7, 11) is 0. The Labute approximate surface area is 195 Å². The largest absolute Gasteiger partial charge is 0.326 e. The average molecular weight is 466 g/mol. The number of halogens is 1. The fourth-order valence-corrected chi connectivity index (χ4v) is 5.15. The van der Waals surface area contributed by atoms with Crippen LogP contribution in [0.2, 0.25) is 5.15 Å². The summed E-state index contributed by atoms with van der Waals surface area (Å²) in [6.07, 6.45) is 2.51. The van der Waals surface area contributed by atoms with E-state index in [1.807, 2.05) is 25.1 Å². The van der Waals surface area contributed by atoms with Gasteiger partial charge in [0.2, 0.25) is 11.8 Å². The quantitative estimate of drug-likeness (QED) is 0.458. The minimum Gasteiger partial charge on any atom is -0.326 e. The summed E-state index contributed by atoms with van der Waals surface area (Å²) in [5.74, 6) is 0.0863. The van der Waals surface area contributed by atoms with Crippen molar-refractivity contribution in [2.24, 2.45) is 5.92 Å². The Balaban J connectivity index is 1.41. The molecule has 1 saturated heterocycles. The molecule has 3 aromatic rings. The molecular formula is C24H24ClN5O3.